The Morgan fingerprint density at radius 2 is 2.00 bits per heavy atom. The van der Waals surface area contributed by atoms with Gasteiger partial charge in [-0.05, 0) is 37.1 Å². The number of hydrogen-bond acceptors (Lipinski definition) is 5. The zero-order valence-electron chi connectivity index (χ0n) is 11.0. The predicted octanol–water partition coefficient (Wildman–Crippen LogP) is 0.116. The van der Waals surface area contributed by atoms with Crippen molar-refractivity contribution in [2.24, 2.45) is 0 Å². The lowest BCUT2D eigenvalue weighted by molar-refractivity contribution is -0.143. The number of carbonyl (C=O) groups is 1. The van der Waals surface area contributed by atoms with Gasteiger partial charge in [0.1, 0.15) is 6.04 Å². The summed E-state index contributed by atoms with van der Waals surface area (Å²) in [5, 5.41) is 9.01. The summed E-state index contributed by atoms with van der Waals surface area (Å²) in [5.41, 5.74) is 1.78. The molecule has 6 nitrogen and oxygen atoms in total. The normalized spacial score (nSPS) is 13.1. The molecule has 2 N–H and O–H groups in total. The van der Waals surface area contributed by atoms with Gasteiger partial charge in [0.15, 0.2) is 0 Å². The van der Waals surface area contributed by atoms with Gasteiger partial charge in [0, 0.05) is 0 Å². The molecule has 0 aliphatic carbocycles. The van der Waals surface area contributed by atoms with E-state index in [1.54, 1.807) is 13.0 Å². The lowest BCUT2D eigenvalue weighted by Crippen LogP contribution is -2.43. The molecule has 1 unspecified atom stereocenters. The van der Waals surface area contributed by atoms with Crippen molar-refractivity contribution in [3.8, 4) is 0 Å². The number of esters is 1. The van der Waals surface area contributed by atoms with Crippen LogP contribution in [-0.4, -0.2) is 39.3 Å². The molecule has 0 aliphatic rings. The number of sulfonamides is 1. The second kappa shape index (κ2) is 6.14. The SMILES string of the molecule is COC(=O)C(CO)NS(=O)(=O)c1ccc(C)c(C)c1. The zero-order valence-corrected chi connectivity index (χ0v) is 11.8. The monoisotopic (exact) mass is 287 g/mol. The fourth-order valence-electron chi connectivity index (χ4n) is 1.44. The van der Waals surface area contributed by atoms with Crippen LogP contribution in [0, 0.1) is 13.8 Å². The van der Waals surface area contributed by atoms with Gasteiger partial charge in [-0.25, -0.2) is 8.42 Å². The second-order valence-corrected chi connectivity index (χ2v) is 5.84. The van der Waals surface area contributed by atoms with Crippen LogP contribution < -0.4 is 4.72 Å². The van der Waals surface area contributed by atoms with Crippen LogP contribution in [0.1, 0.15) is 11.1 Å². The number of aliphatic hydroxyl groups is 1. The number of nitrogens with one attached hydrogen (secondary N) is 1. The summed E-state index contributed by atoms with van der Waals surface area (Å²) < 4.78 is 30.6. The van der Waals surface area contributed by atoms with E-state index >= 15 is 0 Å². The van der Waals surface area contributed by atoms with Crippen LogP contribution >= 0.6 is 0 Å². The minimum atomic E-state index is -3.88. The van der Waals surface area contributed by atoms with Gasteiger partial charge < -0.3 is 9.84 Å². The largest absolute Gasteiger partial charge is 0.468 e. The smallest absolute Gasteiger partial charge is 0.326 e. The van der Waals surface area contributed by atoms with Gasteiger partial charge in [0.05, 0.1) is 18.6 Å². The Morgan fingerprint density at radius 3 is 2.47 bits per heavy atom. The molecule has 106 valence electrons. The van der Waals surface area contributed by atoms with Crippen LogP contribution in [0.25, 0.3) is 0 Å². The first-order valence-corrected chi connectivity index (χ1v) is 7.08. The predicted molar refractivity (Wildman–Crippen MR) is 69.1 cm³/mol. The topological polar surface area (TPSA) is 92.7 Å². The quantitative estimate of drug-likeness (QED) is 0.750. The molecular formula is C12H17NO5S. The van der Waals surface area contributed by atoms with Gasteiger partial charge in [-0.2, -0.15) is 4.72 Å². The molecule has 0 saturated carbocycles. The van der Waals surface area contributed by atoms with Crippen molar-refractivity contribution in [3.05, 3.63) is 29.3 Å². The summed E-state index contributed by atoms with van der Waals surface area (Å²) in [4.78, 5) is 11.3. The van der Waals surface area contributed by atoms with Crippen molar-refractivity contribution >= 4 is 16.0 Å². The summed E-state index contributed by atoms with van der Waals surface area (Å²) >= 11 is 0. The highest BCUT2D eigenvalue weighted by Crippen LogP contribution is 2.15. The summed E-state index contributed by atoms with van der Waals surface area (Å²) in [6.45, 7) is 2.99. The Bertz CT molecular complexity index is 567. The Hall–Kier alpha value is -1.44. The fourth-order valence-corrected chi connectivity index (χ4v) is 2.70. The van der Waals surface area contributed by atoms with E-state index in [-0.39, 0.29) is 4.90 Å². The molecule has 1 atom stereocenters. The molecule has 0 aromatic heterocycles. The number of ether oxygens (including phenoxy) is 1. The highest BCUT2D eigenvalue weighted by molar-refractivity contribution is 7.89. The van der Waals surface area contributed by atoms with Gasteiger partial charge in [-0.1, -0.05) is 6.07 Å². The molecule has 7 heteroatoms. The van der Waals surface area contributed by atoms with Crippen molar-refractivity contribution < 1.29 is 23.1 Å². The molecule has 0 bridgehead atoms. The maximum atomic E-state index is 12.1. The van der Waals surface area contributed by atoms with E-state index < -0.39 is 28.6 Å². The van der Waals surface area contributed by atoms with Crippen LogP contribution in [0.3, 0.4) is 0 Å². The number of aliphatic hydroxyl groups excluding tert-OH is 1. The summed E-state index contributed by atoms with van der Waals surface area (Å²) in [6, 6.07) is 3.31. The zero-order chi connectivity index (χ0) is 14.6. The third-order valence-corrected chi connectivity index (χ3v) is 4.22. The summed E-state index contributed by atoms with van der Waals surface area (Å²) in [6.07, 6.45) is 0. The molecule has 0 aliphatic heterocycles. The molecule has 0 radical (unpaired) electrons. The lowest BCUT2D eigenvalue weighted by atomic mass is 10.1. The number of rotatable bonds is 5. The molecular weight excluding hydrogens is 270 g/mol. The third-order valence-electron chi connectivity index (χ3n) is 2.75. The molecule has 0 amide bonds. The van der Waals surface area contributed by atoms with Crippen molar-refractivity contribution in [3.63, 3.8) is 0 Å². The van der Waals surface area contributed by atoms with Gasteiger partial charge >= 0.3 is 5.97 Å². The van der Waals surface area contributed by atoms with E-state index in [1.165, 1.54) is 12.1 Å². The van der Waals surface area contributed by atoms with Gasteiger partial charge in [-0.3, -0.25) is 4.79 Å². The average molecular weight is 287 g/mol. The number of benzene rings is 1. The minimum absolute atomic E-state index is 0.0398. The summed E-state index contributed by atoms with van der Waals surface area (Å²) in [5.74, 6) is -0.838. The number of carbonyl (C=O) groups excluding carboxylic acids is 1. The number of hydrogen-bond donors (Lipinski definition) is 2. The molecule has 19 heavy (non-hydrogen) atoms. The van der Waals surface area contributed by atoms with Crippen molar-refractivity contribution in [2.75, 3.05) is 13.7 Å². The minimum Gasteiger partial charge on any atom is -0.468 e. The average Bonchev–Trinajstić information content (AvgIpc) is 2.38. The van der Waals surface area contributed by atoms with E-state index in [9.17, 15) is 13.2 Å². The Labute approximate surface area is 112 Å². The van der Waals surface area contributed by atoms with Crippen LogP contribution in [-0.2, 0) is 19.6 Å². The maximum Gasteiger partial charge on any atom is 0.326 e. The van der Waals surface area contributed by atoms with E-state index in [0.29, 0.717) is 0 Å². The van der Waals surface area contributed by atoms with Crippen molar-refractivity contribution in [1.82, 2.24) is 4.72 Å². The van der Waals surface area contributed by atoms with Crippen LogP contribution in [0.2, 0.25) is 0 Å². The molecule has 0 fully saturated rings. The van der Waals surface area contributed by atoms with E-state index in [1.807, 2.05) is 6.92 Å². The third kappa shape index (κ3) is 3.76. The number of methoxy groups -OCH3 is 1. The van der Waals surface area contributed by atoms with Gasteiger partial charge in [0.2, 0.25) is 10.0 Å². The Balaban J connectivity index is 3.03. The van der Waals surface area contributed by atoms with Crippen molar-refractivity contribution in [2.45, 2.75) is 24.8 Å². The van der Waals surface area contributed by atoms with Crippen molar-refractivity contribution in [1.29, 1.82) is 0 Å². The molecule has 0 saturated heterocycles. The number of aryl methyl sites for hydroxylation is 2. The highest BCUT2D eigenvalue weighted by atomic mass is 32.2. The molecule has 0 spiro atoms. The molecule has 1 aromatic carbocycles. The molecule has 1 aromatic rings. The van der Waals surface area contributed by atoms with Crippen LogP contribution in [0.15, 0.2) is 23.1 Å². The fraction of sp³-hybridized carbons (Fsp3) is 0.417. The Kier molecular flexibility index (Phi) is 5.04. The van der Waals surface area contributed by atoms with Gasteiger partial charge in [-0.15, -0.1) is 0 Å². The first kappa shape index (κ1) is 15.6. The highest BCUT2D eigenvalue weighted by Gasteiger charge is 2.25. The van der Waals surface area contributed by atoms with E-state index in [2.05, 4.69) is 9.46 Å². The van der Waals surface area contributed by atoms with Gasteiger partial charge in [0.25, 0.3) is 0 Å². The maximum absolute atomic E-state index is 12.1. The lowest BCUT2D eigenvalue weighted by Gasteiger charge is -2.14. The van der Waals surface area contributed by atoms with Crippen LogP contribution in [0.4, 0.5) is 0 Å². The first-order chi connectivity index (χ1) is 8.81. The molecule has 1 rings (SSSR count). The van der Waals surface area contributed by atoms with Crippen LogP contribution in [0.5, 0.6) is 0 Å². The molecule has 0 heterocycles. The van der Waals surface area contributed by atoms with E-state index in [4.69, 9.17) is 5.11 Å². The second-order valence-electron chi connectivity index (χ2n) is 4.13. The Morgan fingerprint density at radius 1 is 1.37 bits per heavy atom. The first-order valence-electron chi connectivity index (χ1n) is 5.60. The van der Waals surface area contributed by atoms with E-state index in [0.717, 1.165) is 18.2 Å². The standard InChI is InChI=1S/C12H17NO5S/c1-8-4-5-10(6-9(8)2)19(16,17)13-11(7-14)12(15)18-3/h4-6,11,13-14H,7H2,1-3H3. The summed E-state index contributed by atoms with van der Waals surface area (Å²) in [7, 11) is -2.76.